The number of hydrogen-bond donors (Lipinski definition) is 2. The summed E-state index contributed by atoms with van der Waals surface area (Å²) in [6.45, 7) is 0. The molecule has 0 aromatic carbocycles. The maximum Gasteiger partial charge on any atom is 0.309 e. The number of hydrogen-bond acceptors (Lipinski definition) is 3. The molecule has 18 heavy (non-hydrogen) atoms. The predicted molar refractivity (Wildman–Crippen MR) is 63.1 cm³/mol. The van der Waals surface area contributed by atoms with Gasteiger partial charge in [-0.25, -0.2) is 0 Å². The molecule has 2 aliphatic heterocycles. The number of carboxylic acid groups (broad SMARTS) is 2. The van der Waals surface area contributed by atoms with E-state index in [-0.39, 0.29) is 24.5 Å². The summed E-state index contributed by atoms with van der Waals surface area (Å²) in [6, 6.07) is 0. The van der Waals surface area contributed by atoms with E-state index in [4.69, 9.17) is 9.84 Å². The van der Waals surface area contributed by atoms with Crippen molar-refractivity contribution in [2.24, 2.45) is 11.8 Å². The highest BCUT2D eigenvalue weighted by molar-refractivity contribution is 5.72. The fraction of sp³-hybridized carbons (Fsp3) is 0.692. The van der Waals surface area contributed by atoms with Crippen LogP contribution in [0.2, 0.25) is 0 Å². The van der Waals surface area contributed by atoms with Crippen molar-refractivity contribution in [1.82, 2.24) is 0 Å². The van der Waals surface area contributed by atoms with Crippen molar-refractivity contribution in [3.63, 3.8) is 0 Å². The number of rotatable bonds is 6. The number of carbonyl (C=O) groups is 2. The fourth-order valence-corrected chi connectivity index (χ4v) is 2.99. The third-order valence-electron chi connectivity index (χ3n) is 3.81. The van der Waals surface area contributed by atoms with Gasteiger partial charge in [0.1, 0.15) is 0 Å². The number of fused-ring (bicyclic) bond motifs is 2. The molecule has 2 N–H and O–H groups in total. The Kier molecular flexibility index (Phi) is 4.01. The van der Waals surface area contributed by atoms with E-state index in [0.29, 0.717) is 12.8 Å². The van der Waals surface area contributed by atoms with Gasteiger partial charge in [0, 0.05) is 12.3 Å². The molecule has 0 aromatic rings. The standard InChI is InChI=1S/C13H18O5/c14-11(15)5-3-1-2-4-8-9-6-7-10(18-9)12(8)13(16)17/h1-2,8-10,12H,3-7H2,(H,14,15)(H,16,17)/b2-1+/t8-,9-,10+,12-/m1/s1. The molecule has 0 spiro atoms. The Morgan fingerprint density at radius 2 is 1.89 bits per heavy atom. The van der Waals surface area contributed by atoms with Crippen LogP contribution >= 0.6 is 0 Å². The molecule has 5 nitrogen and oxygen atoms in total. The number of aliphatic carboxylic acids is 2. The summed E-state index contributed by atoms with van der Waals surface area (Å²) >= 11 is 0. The van der Waals surface area contributed by atoms with E-state index in [2.05, 4.69) is 0 Å². The summed E-state index contributed by atoms with van der Waals surface area (Å²) in [5.74, 6) is -1.94. The van der Waals surface area contributed by atoms with Gasteiger partial charge in [0.25, 0.3) is 0 Å². The molecule has 2 rings (SSSR count). The lowest BCUT2D eigenvalue weighted by Gasteiger charge is -2.23. The van der Waals surface area contributed by atoms with Gasteiger partial charge >= 0.3 is 11.9 Å². The summed E-state index contributed by atoms with van der Waals surface area (Å²) in [5, 5.41) is 17.7. The van der Waals surface area contributed by atoms with Crippen LogP contribution < -0.4 is 0 Å². The minimum Gasteiger partial charge on any atom is -0.481 e. The molecule has 100 valence electrons. The zero-order chi connectivity index (χ0) is 13.1. The van der Waals surface area contributed by atoms with E-state index in [1.54, 1.807) is 0 Å². The van der Waals surface area contributed by atoms with Gasteiger partial charge in [-0.1, -0.05) is 12.2 Å². The van der Waals surface area contributed by atoms with Crippen LogP contribution in [-0.2, 0) is 14.3 Å². The van der Waals surface area contributed by atoms with Gasteiger partial charge in [-0.15, -0.1) is 0 Å². The van der Waals surface area contributed by atoms with E-state index in [1.807, 2.05) is 12.2 Å². The molecule has 2 fully saturated rings. The summed E-state index contributed by atoms with van der Waals surface area (Å²) in [6.07, 6.45) is 6.74. The number of ether oxygens (including phenoxy) is 1. The second-order valence-electron chi connectivity index (χ2n) is 4.96. The fourth-order valence-electron chi connectivity index (χ4n) is 2.99. The first-order valence-electron chi connectivity index (χ1n) is 6.34. The van der Waals surface area contributed by atoms with Gasteiger partial charge in [-0.2, -0.15) is 0 Å². The lowest BCUT2D eigenvalue weighted by molar-refractivity contribution is -0.144. The van der Waals surface area contributed by atoms with Gasteiger partial charge in [-0.05, 0) is 25.7 Å². The summed E-state index contributed by atoms with van der Waals surface area (Å²) < 4.78 is 5.65. The van der Waals surface area contributed by atoms with Crippen molar-refractivity contribution in [3.8, 4) is 0 Å². The van der Waals surface area contributed by atoms with Crippen molar-refractivity contribution in [2.75, 3.05) is 0 Å². The third kappa shape index (κ3) is 2.72. The highest BCUT2D eigenvalue weighted by Crippen LogP contribution is 2.45. The molecular formula is C13H18O5. The lowest BCUT2D eigenvalue weighted by Crippen LogP contribution is -2.33. The van der Waals surface area contributed by atoms with Crippen LogP contribution in [0.15, 0.2) is 12.2 Å². The van der Waals surface area contributed by atoms with Crippen LogP contribution in [0.25, 0.3) is 0 Å². The molecule has 0 aromatic heterocycles. The third-order valence-corrected chi connectivity index (χ3v) is 3.81. The minimum atomic E-state index is -0.814. The largest absolute Gasteiger partial charge is 0.481 e. The van der Waals surface area contributed by atoms with E-state index in [9.17, 15) is 14.7 Å². The highest BCUT2D eigenvalue weighted by Gasteiger charge is 2.51. The zero-order valence-electron chi connectivity index (χ0n) is 10.1. The van der Waals surface area contributed by atoms with Gasteiger partial charge in [0.2, 0.25) is 0 Å². The quantitative estimate of drug-likeness (QED) is 0.704. The molecule has 2 bridgehead atoms. The maximum atomic E-state index is 11.2. The summed E-state index contributed by atoms with van der Waals surface area (Å²) in [7, 11) is 0. The van der Waals surface area contributed by atoms with Gasteiger partial charge in [0.15, 0.2) is 0 Å². The van der Waals surface area contributed by atoms with Crippen molar-refractivity contribution in [2.45, 2.75) is 44.3 Å². The molecular weight excluding hydrogens is 236 g/mol. The van der Waals surface area contributed by atoms with Crippen LogP contribution in [0, 0.1) is 11.8 Å². The number of allylic oxidation sites excluding steroid dienone is 2. The van der Waals surface area contributed by atoms with Gasteiger partial charge in [0.05, 0.1) is 18.1 Å². The molecule has 0 radical (unpaired) electrons. The van der Waals surface area contributed by atoms with Gasteiger partial charge < -0.3 is 14.9 Å². The predicted octanol–water partition coefficient (Wildman–Crippen LogP) is 1.68. The SMILES string of the molecule is O=C(O)CC/C=C/C[C@H]1[C@@H](C(=O)O)[C@@H]2CC[C@H]1O2. The Morgan fingerprint density at radius 1 is 1.17 bits per heavy atom. The maximum absolute atomic E-state index is 11.2. The minimum absolute atomic E-state index is 0.0438. The van der Waals surface area contributed by atoms with E-state index >= 15 is 0 Å². The highest BCUT2D eigenvalue weighted by atomic mass is 16.5. The normalized spacial score (nSPS) is 34.2. The van der Waals surface area contributed by atoms with Crippen molar-refractivity contribution in [3.05, 3.63) is 12.2 Å². The topological polar surface area (TPSA) is 83.8 Å². The molecule has 0 aliphatic carbocycles. The Balaban J connectivity index is 1.84. The van der Waals surface area contributed by atoms with E-state index < -0.39 is 17.9 Å². The van der Waals surface area contributed by atoms with Crippen molar-refractivity contribution in [1.29, 1.82) is 0 Å². The summed E-state index contributed by atoms with van der Waals surface area (Å²) in [4.78, 5) is 21.5. The van der Waals surface area contributed by atoms with Crippen LogP contribution in [0.5, 0.6) is 0 Å². The van der Waals surface area contributed by atoms with Crippen LogP contribution in [0.4, 0.5) is 0 Å². The summed E-state index contributed by atoms with van der Waals surface area (Å²) in [5.41, 5.74) is 0. The van der Waals surface area contributed by atoms with Crippen molar-refractivity contribution < 1.29 is 24.5 Å². The first-order valence-corrected chi connectivity index (χ1v) is 6.34. The Labute approximate surface area is 105 Å². The second kappa shape index (κ2) is 5.52. The Bertz CT molecular complexity index is 362. The zero-order valence-corrected chi connectivity index (χ0v) is 10.1. The van der Waals surface area contributed by atoms with E-state index in [1.165, 1.54) is 0 Å². The molecule has 2 heterocycles. The Morgan fingerprint density at radius 3 is 2.56 bits per heavy atom. The van der Waals surface area contributed by atoms with E-state index in [0.717, 1.165) is 12.8 Å². The molecule has 0 saturated carbocycles. The smallest absolute Gasteiger partial charge is 0.309 e. The first-order chi connectivity index (χ1) is 8.59. The monoisotopic (exact) mass is 254 g/mol. The van der Waals surface area contributed by atoms with Crippen molar-refractivity contribution >= 4 is 11.9 Å². The average Bonchev–Trinajstić information content (AvgIpc) is 2.87. The second-order valence-corrected chi connectivity index (χ2v) is 4.96. The van der Waals surface area contributed by atoms with Crippen LogP contribution in [0.3, 0.4) is 0 Å². The molecule has 2 saturated heterocycles. The molecule has 0 unspecified atom stereocenters. The molecule has 5 heteroatoms. The molecule has 4 atom stereocenters. The van der Waals surface area contributed by atoms with Crippen LogP contribution in [-0.4, -0.2) is 34.4 Å². The number of carboxylic acids is 2. The van der Waals surface area contributed by atoms with Crippen LogP contribution in [0.1, 0.15) is 32.1 Å². The molecule has 2 aliphatic rings. The first kappa shape index (κ1) is 13.1. The molecule has 0 amide bonds. The Hall–Kier alpha value is -1.36. The lowest BCUT2D eigenvalue weighted by atomic mass is 9.77. The average molecular weight is 254 g/mol. The van der Waals surface area contributed by atoms with Gasteiger partial charge in [-0.3, -0.25) is 9.59 Å².